The lowest BCUT2D eigenvalue weighted by Gasteiger charge is -2.36. The lowest BCUT2D eigenvalue weighted by Crippen LogP contribution is -2.44. The van der Waals surface area contributed by atoms with Crippen LogP contribution in [0.1, 0.15) is 60.3 Å². The van der Waals surface area contributed by atoms with Gasteiger partial charge in [-0.05, 0) is 58.5 Å². The second-order valence-electron chi connectivity index (χ2n) is 7.49. The van der Waals surface area contributed by atoms with E-state index in [-0.39, 0.29) is 5.54 Å². The molecule has 1 N–H and O–H groups in total. The number of rotatable bonds is 7. The standard InChI is InChI=1S/C16H31N3/c1-13(15(2,3)4)19(6)11-7-10-16(5,12-17)18-14-8-9-14/h13-14,18H,7-11H2,1-6H3. The molecule has 0 radical (unpaired) electrons. The van der Waals surface area contributed by atoms with Crippen LogP contribution >= 0.6 is 0 Å². The predicted octanol–water partition coefficient (Wildman–Crippen LogP) is 3.17. The molecule has 0 amide bonds. The summed E-state index contributed by atoms with van der Waals surface area (Å²) in [7, 11) is 2.19. The number of hydrogen-bond acceptors (Lipinski definition) is 3. The largest absolute Gasteiger partial charge is 0.303 e. The Hall–Kier alpha value is -0.590. The summed E-state index contributed by atoms with van der Waals surface area (Å²) < 4.78 is 0. The van der Waals surface area contributed by atoms with Crippen LogP contribution in [0.25, 0.3) is 0 Å². The Kier molecular flexibility index (Phi) is 5.41. The number of nitrogens with zero attached hydrogens (tertiary/aromatic N) is 2. The fourth-order valence-corrected chi connectivity index (χ4v) is 2.38. The van der Waals surface area contributed by atoms with Crippen LogP contribution in [-0.2, 0) is 0 Å². The zero-order chi connectivity index (χ0) is 14.7. The fraction of sp³-hybridized carbons (Fsp3) is 0.938. The summed E-state index contributed by atoms with van der Waals surface area (Å²) in [6.45, 7) is 12.2. The summed E-state index contributed by atoms with van der Waals surface area (Å²) in [6, 6.07) is 3.60. The van der Waals surface area contributed by atoms with E-state index in [4.69, 9.17) is 0 Å². The zero-order valence-electron chi connectivity index (χ0n) is 13.6. The van der Waals surface area contributed by atoms with Crippen LogP contribution in [0.3, 0.4) is 0 Å². The fourth-order valence-electron chi connectivity index (χ4n) is 2.38. The van der Waals surface area contributed by atoms with Gasteiger partial charge in [0.25, 0.3) is 0 Å². The summed E-state index contributed by atoms with van der Waals surface area (Å²) in [5.74, 6) is 0. The van der Waals surface area contributed by atoms with Crippen molar-refractivity contribution in [3.8, 4) is 6.07 Å². The van der Waals surface area contributed by atoms with Crippen molar-refractivity contribution < 1.29 is 0 Å². The van der Waals surface area contributed by atoms with Gasteiger partial charge in [0.15, 0.2) is 0 Å². The van der Waals surface area contributed by atoms with E-state index >= 15 is 0 Å². The van der Waals surface area contributed by atoms with Crippen LogP contribution in [0, 0.1) is 16.7 Å². The van der Waals surface area contributed by atoms with Gasteiger partial charge in [0.2, 0.25) is 0 Å². The van der Waals surface area contributed by atoms with Crippen molar-refractivity contribution in [2.24, 2.45) is 5.41 Å². The molecule has 0 spiro atoms. The average molecular weight is 265 g/mol. The minimum absolute atomic E-state index is 0.305. The summed E-state index contributed by atoms with van der Waals surface area (Å²) in [6.07, 6.45) is 4.47. The van der Waals surface area contributed by atoms with Crippen molar-refractivity contribution in [1.29, 1.82) is 5.26 Å². The Morgan fingerprint density at radius 1 is 1.32 bits per heavy atom. The molecular weight excluding hydrogens is 234 g/mol. The molecule has 0 bridgehead atoms. The van der Waals surface area contributed by atoms with Gasteiger partial charge >= 0.3 is 0 Å². The van der Waals surface area contributed by atoms with E-state index < -0.39 is 0 Å². The maximum Gasteiger partial charge on any atom is 0.104 e. The SMILES string of the molecule is CC(N(C)CCCC(C)(C#N)NC1CC1)C(C)(C)C. The molecule has 0 heterocycles. The minimum atomic E-state index is -0.340. The first-order valence-electron chi connectivity index (χ1n) is 7.57. The normalized spacial score (nSPS) is 20.9. The van der Waals surface area contributed by atoms with Gasteiger partial charge in [-0.15, -0.1) is 0 Å². The maximum absolute atomic E-state index is 9.34. The van der Waals surface area contributed by atoms with E-state index in [1.165, 1.54) is 12.8 Å². The molecule has 0 aromatic carbocycles. The third-order valence-electron chi connectivity index (χ3n) is 4.45. The topological polar surface area (TPSA) is 39.1 Å². The summed E-state index contributed by atoms with van der Waals surface area (Å²) in [5.41, 5.74) is -0.0352. The van der Waals surface area contributed by atoms with E-state index in [9.17, 15) is 5.26 Å². The van der Waals surface area contributed by atoms with Gasteiger partial charge in [0.05, 0.1) is 6.07 Å². The van der Waals surface area contributed by atoms with Gasteiger partial charge in [0.1, 0.15) is 5.54 Å². The van der Waals surface area contributed by atoms with Gasteiger partial charge < -0.3 is 4.90 Å². The molecule has 0 aromatic rings. The molecule has 19 heavy (non-hydrogen) atoms. The molecule has 1 fully saturated rings. The van der Waals surface area contributed by atoms with Gasteiger partial charge in [-0.3, -0.25) is 5.32 Å². The molecule has 2 atom stereocenters. The second kappa shape index (κ2) is 6.24. The molecule has 0 aromatic heterocycles. The molecule has 110 valence electrons. The summed E-state index contributed by atoms with van der Waals surface area (Å²) in [5, 5.41) is 12.8. The molecule has 3 nitrogen and oxygen atoms in total. The Morgan fingerprint density at radius 2 is 1.89 bits per heavy atom. The Labute approximate surface area is 119 Å². The quantitative estimate of drug-likeness (QED) is 0.768. The van der Waals surface area contributed by atoms with E-state index in [1.54, 1.807) is 0 Å². The highest BCUT2D eigenvalue weighted by molar-refractivity contribution is 5.07. The molecule has 0 saturated heterocycles. The van der Waals surface area contributed by atoms with E-state index in [2.05, 4.69) is 51.0 Å². The third kappa shape index (κ3) is 5.50. The van der Waals surface area contributed by atoms with Gasteiger partial charge in [0, 0.05) is 12.1 Å². The van der Waals surface area contributed by atoms with E-state index in [1.807, 2.05) is 6.92 Å². The van der Waals surface area contributed by atoms with Crippen LogP contribution in [0.15, 0.2) is 0 Å². The minimum Gasteiger partial charge on any atom is -0.303 e. The Bertz CT molecular complexity index is 322. The highest BCUT2D eigenvalue weighted by Gasteiger charge is 2.32. The van der Waals surface area contributed by atoms with Gasteiger partial charge in [-0.25, -0.2) is 0 Å². The molecule has 3 heteroatoms. The molecule has 2 unspecified atom stereocenters. The monoisotopic (exact) mass is 265 g/mol. The lowest BCUT2D eigenvalue weighted by atomic mass is 9.87. The van der Waals surface area contributed by atoms with Crippen LogP contribution in [0.4, 0.5) is 0 Å². The molecule has 1 rings (SSSR count). The van der Waals surface area contributed by atoms with Crippen molar-refractivity contribution in [3.63, 3.8) is 0 Å². The maximum atomic E-state index is 9.34. The second-order valence-corrected chi connectivity index (χ2v) is 7.49. The third-order valence-corrected chi connectivity index (χ3v) is 4.45. The molecular formula is C16H31N3. The van der Waals surface area contributed by atoms with Crippen LogP contribution in [0.5, 0.6) is 0 Å². The van der Waals surface area contributed by atoms with Crippen molar-refractivity contribution in [1.82, 2.24) is 10.2 Å². The number of nitrogens with one attached hydrogen (secondary N) is 1. The molecule has 0 aliphatic heterocycles. The first-order valence-corrected chi connectivity index (χ1v) is 7.57. The summed E-state index contributed by atoms with van der Waals surface area (Å²) in [4.78, 5) is 2.41. The van der Waals surface area contributed by atoms with Crippen molar-refractivity contribution in [2.75, 3.05) is 13.6 Å². The predicted molar refractivity (Wildman–Crippen MR) is 81.0 cm³/mol. The Balaban J connectivity index is 2.34. The van der Waals surface area contributed by atoms with Crippen LogP contribution in [-0.4, -0.2) is 36.1 Å². The lowest BCUT2D eigenvalue weighted by molar-refractivity contribution is 0.137. The van der Waals surface area contributed by atoms with Crippen molar-refractivity contribution in [2.45, 2.75) is 77.9 Å². The van der Waals surface area contributed by atoms with E-state index in [0.717, 1.165) is 19.4 Å². The highest BCUT2D eigenvalue weighted by atomic mass is 15.1. The number of nitriles is 1. The summed E-state index contributed by atoms with van der Waals surface area (Å²) >= 11 is 0. The zero-order valence-corrected chi connectivity index (χ0v) is 13.6. The van der Waals surface area contributed by atoms with Crippen LogP contribution in [0.2, 0.25) is 0 Å². The average Bonchev–Trinajstić information content (AvgIpc) is 3.10. The molecule has 1 aliphatic carbocycles. The first-order chi connectivity index (χ1) is 8.68. The van der Waals surface area contributed by atoms with Crippen LogP contribution < -0.4 is 5.32 Å². The van der Waals surface area contributed by atoms with Gasteiger partial charge in [-0.2, -0.15) is 5.26 Å². The van der Waals surface area contributed by atoms with Gasteiger partial charge in [-0.1, -0.05) is 20.8 Å². The smallest absolute Gasteiger partial charge is 0.104 e. The van der Waals surface area contributed by atoms with E-state index in [0.29, 0.717) is 17.5 Å². The first kappa shape index (κ1) is 16.5. The molecule has 1 saturated carbocycles. The van der Waals surface area contributed by atoms with Crippen molar-refractivity contribution >= 4 is 0 Å². The Morgan fingerprint density at radius 3 is 2.32 bits per heavy atom. The highest BCUT2D eigenvalue weighted by Crippen LogP contribution is 2.26. The van der Waals surface area contributed by atoms with Crippen molar-refractivity contribution in [3.05, 3.63) is 0 Å². The molecule has 1 aliphatic rings. The number of hydrogen-bond donors (Lipinski definition) is 1.